The predicted molar refractivity (Wildman–Crippen MR) is 57.8 cm³/mol. The molecule has 2 nitrogen and oxygen atoms in total. The van der Waals surface area contributed by atoms with E-state index in [-0.39, 0.29) is 0 Å². The van der Waals surface area contributed by atoms with Crippen LogP contribution in [0.3, 0.4) is 0 Å². The Bertz CT molecular complexity index is 330. The smallest absolute Gasteiger partial charge is 0.0381 e. The topological polar surface area (TPSA) is 24.1 Å². The van der Waals surface area contributed by atoms with Gasteiger partial charge in [0.05, 0.1) is 0 Å². The number of hydrogen-bond acceptors (Lipinski definition) is 2. The van der Waals surface area contributed by atoms with Crippen molar-refractivity contribution in [3.8, 4) is 0 Å². The maximum absolute atomic E-state index is 3.44. The SMILES string of the molecule is C1=CC2=CC3(C=C2NC1)CCNCC3. The highest BCUT2D eigenvalue weighted by atomic mass is 14.9. The molecule has 0 aromatic rings. The Morgan fingerprint density at radius 2 is 2.00 bits per heavy atom. The molecule has 1 fully saturated rings. The van der Waals surface area contributed by atoms with E-state index in [1.165, 1.54) is 24.1 Å². The largest absolute Gasteiger partial charge is 0.381 e. The lowest BCUT2D eigenvalue weighted by molar-refractivity contribution is 0.345. The molecule has 14 heavy (non-hydrogen) atoms. The summed E-state index contributed by atoms with van der Waals surface area (Å²) in [5, 5.41) is 6.86. The summed E-state index contributed by atoms with van der Waals surface area (Å²) in [5.74, 6) is 0. The Labute approximate surface area is 84.8 Å². The zero-order valence-electron chi connectivity index (χ0n) is 8.34. The van der Waals surface area contributed by atoms with Crippen LogP contribution in [0.15, 0.2) is 35.6 Å². The van der Waals surface area contributed by atoms with Gasteiger partial charge in [-0.3, -0.25) is 0 Å². The van der Waals surface area contributed by atoms with Crippen LogP contribution in [0, 0.1) is 5.41 Å². The van der Waals surface area contributed by atoms with Crippen LogP contribution in [0.2, 0.25) is 0 Å². The second-order valence-electron chi connectivity index (χ2n) is 4.42. The highest BCUT2D eigenvalue weighted by molar-refractivity contribution is 5.50. The molecule has 2 N–H and O–H groups in total. The molecule has 1 spiro atoms. The van der Waals surface area contributed by atoms with Gasteiger partial charge in [0.2, 0.25) is 0 Å². The third-order valence-corrected chi connectivity index (χ3v) is 3.43. The van der Waals surface area contributed by atoms with E-state index in [0.29, 0.717) is 5.41 Å². The van der Waals surface area contributed by atoms with Crippen LogP contribution < -0.4 is 10.6 Å². The summed E-state index contributed by atoms with van der Waals surface area (Å²) in [4.78, 5) is 0. The van der Waals surface area contributed by atoms with Crippen molar-refractivity contribution in [2.45, 2.75) is 12.8 Å². The maximum atomic E-state index is 3.44. The lowest BCUT2D eigenvalue weighted by Gasteiger charge is -2.30. The first-order valence-electron chi connectivity index (χ1n) is 5.45. The molecule has 0 amide bonds. The number of fused-ring (bicyclic) bond motifs is 1. The van der Waals surface area contributed by atoms with Gasteiger partial charge >= 0.3 is 0 Å². The molecule has 0 aromatic carbocycles. The second kappa shape index (κ2) is 2.99. The van der Waals surface area contributed by atoms with Gasteiger partial charge in [-0.2, -0.15) is 0 Å². The molecule has 3 rings (SSSR count). The molecule has 1 saturated heterocycles. The van der Waals surface area contributed by atoms with Gasteiger partial charge in [0.15, 0.2) is 0 Å². The van der Waals surface area contributed by atoms with Crippen molar-refractivity contribution in [3.63, 3.8) is 0 Å². The summed E-state index contributed by atoms with van der Waals surface area (Å²) in [6.07, 6.45) is 11.8. The van der Waals surface area contributed by atoms with Crippen LogP contribution in [-0.2, 0) is 0 Å². The average molecular weight is 188 g/mol. The van der Waals surface area contributed by atoms with Crippen molar-refractivity contribution in [2.75, 3.05) is 19.6 Å². The summed E-state index contributed by atoms with van der Waals surface area (Å²) in [6, 6.07) is 0. The lowest BCUT2D eigenvalue weighted by atomic mass is 9.80. The van der Waals surface area contributed by atoms with E-state index in [1.54, 1.807) is 0 Å². The van der Waals surface area contributed by atoms with E-state index in [1.807, 2.05) is 0 Å². The van der Waals surface area contributed by atoms with Crippen molar-refractivity contribution in [3.05, 3.63) is 35.6 Å². The van der Waals surface area contributed by atoms with Gasteiger partial charge in [-0.15, -0.1) is 0 Å². The van der Waals surface area contributed by atoms with E-state index >= 15 is 0 Å². The third-order valence-electron chi connectivity index (χ3n) is 3.43. The molecule has 0 radical (unpaired) electrons. The van der Waals surface area contributed by atoms with Crippen molar-refractivity contribution < 1.29 is 0 Å². The molecule has 2 aliphatic heterocycles. The van der Waals surface area contributed by atoms with Crippen molar-refractivity contribution in [1.29, 1.82) is 0 Å². The lowest BCUT2D eigenvalue weighted by Crippen LogP contribution is -2.33. The molecule has 0 unspecified atom stereocenters. The van der Waals surface area contributed by atoms with Crippen molar-refractivity contribution in [1.82, 2.24) is 10.6 Å². The van der Waals surface area contributed by atoms with Gasteiger partial charge < -0.3 is 10.6 Å². The molecule has 2 heterocycles. The fourth-order valence-corrected chi connectivity index (χ4v) is 2.63. The molecule has 3 aliphatic rings. The minimum atomic E-state index is 0.359. The highest BCUT2D eigenvalue weighted by Crippen LogP contribution is 2.41. The molecule has 0 aromatic heterocycles. The standard InChI is InChI=1S/C12H16N2/c1-2-10-8-12(3-6-13-7-4-12)9-11(10)14-5-1/h1-2,8-9,13-14H,3-7H2. The first-order valence-corrected chi connectivity index (χ1v) is 5.45. The number of hydrogen-bond donors (Lipinski definition) is 2. The summed E-state index contributed by atoms with van der Waals surface area (Å²) in [6.45, 7) is 3.28. The van der Waals surface area contributed by atoms with E-state index in [2.05, 4.69) is 34.9 Å². The minimum Gasteiger partial charge on any atom is -0.381 e. The molecule has 74 valence electrons. The summed E-state index contributed by atoms with van der Waals surface area (Å²) in [7, 11) is 0. The molecular formula is C12H16N2. The van der Waals surface area contributed by atoms with Gasteiger partial charge in [-0.05, 0) is 31.5 Å². The van der Waals surface area contributed by atoms with Gasteiger partial charge in [0, 0.05) is 17.7 Å². The predicted octanol–water partition coefficient (Wildman–Crippen LogP) is 1.34. The van der Waals surface area contributed by atoms with Gasteiger partial charge in [0.25, 0.3) is 0 Å². The van der Waals surface area contributed by atoms with Crippen LogP contribution >= 0.6 is 0 Å². The zero-order valence-corrected chi connectivity index (χ0v) is 8.34. The number of rotatable bonds is 0. The first kappa shape index (κ1) is 8.30. The molecule has 1 aliphatic carbocycles. The van der Waals surface area contributed by atoms with Crippen LogP contribution in [-0.4, -0.2) is 19.6 Å². The quantitative estimate of drug-likeness (QED) is 0.599. The molecule has 0 bridgehead atoms. The molecule has 0 atom stereocenters. The molecule has 0 saturated carbocycles. The summed E-state index contributed by atoms with van der Waals surface area (Å²) >= 11 is 0. The van der Waals surface area contributed by atoms with Crippen LogP contribution in [0.1, 0.15) is 12.8 Å². The highest BCUT2D eigenvalue weighted by Gasteiger charge is 2.33. The van der Waals surface area contributed by atoms with Crippen molar-refractivity contribution >= 4 is 0 Å². The van der Waals surface area contributed by atoms with E-state index in [4.69, 9.17) is 0 Å². The van der Waals surface area contributed by atoms with E-state index in [9.17, 15) is 0 Å². The maximum Gasteiger partial charge on any atom is 0.0381 e. The van der Waals surface area contributed by atoms with Crippen LogP contribution in [0.4, 0.5) is 0 Å². The van der Waals surface area contributed by atoms with E-state index < -0.39 is 0 Å². The zero-order chi connectivity index (χ0) is 9.43. The first-order chi connectivity index (χ1) is 6.88. The monoisotopic (exact) mass is 188 g/mol. The third kappa shape index (κ3) is 1.22. The van der Waals surface area contributed by atoms with Gasteiger partial charge in [-0.25, -0.2) is 0 Å². The Hall–Kier alpha value is -1.02. The van der Waals surface area contributed by atoms with Gasteiger partial charge in [0.1, 0.15) is 0 Å². The Balaban J connectivity index is 1.94. The van der Waals surface area contributed by atoms with Gasteiger partial charge in [-0.1, -0.05) is 24.3 Å². The van der Waals surface area contributed by atoms with Crippen LogP contribution in [0.5, 0.6) is 0 Å². The Morgan fingerprint density at radius 1 is 1.14 bits per heavy atom. The average Bonchev–Trinajstić information content (AvgIpc) is 2.56. The fourth-order valence-electron chi connectivity index (χ4n) is 2.63. The Kier molecular flexibility index (Phi) is 1.77. The minimum absolute atomic E-state index is 0.359. The van der Waals surface area contributed by atoms with E-state index in [0.717, 1.165) is 19.6 Å². The normalized spacial score (nSPS) is 28.0. The number of nitrogens with one attached hydrogen (secondary N) is 2. The second-order valence-corrected chi connectivity index (χ2v) is 4.42. The molecule has 2 heteroatoms. The summed E-state index contributed by atoms with van der Waals surface area (Å²) < 4.78 is 0. The number of piperidine rings is 1. The molecular weight excluding hydrogens is 172 g/mol. The van der Waals surface area contributed by atoms with Crippen LogP contribution in [0.25, 0.3) is 0 Å². The number of allylic oxidation sites excluding steroid dienone is 3. The Morgan fingerprint density at radius 3 is 2.79 bits per heavy atom. The summed E-state index contributed by atoms with van der Waals surface area (Å²) in [5.41, 5.74) is 3.12. The van der Waals surface area contributed by atoms with Crippen molar-refractivity contribution in [2.24, 2.45) is 5.41 Å². The fraction of sp³-hybridized carbons (Fsp3) is 0.500.